The lowest BCUT2D eigenvalue weighted by atomic mass is 10.0. The minimum Gasteiger partial charge on any atom is -0.475 e. The standard InChI is InChI=1S/C25H30F3N7O5/c1-14(25(26,27)28)30-22(36)20-29-10-17-21(33-20)35(15-6-5-9-34(17)11-15)23(37)32-18-7-4-8-19(31-18)38-12-16-13-39-24(2,3)40-16/h4,7-8,10,14-16H,5-6,9,11-13H2,1-3H3,(H,30,36)(H,31,32,37)/t14?,15-,16?/m0/s1. The maximum Gasteiger partial charge on any atom is 0.408 e. The van der Waals surface area contributed by atoms with Gasteiger partial charge in [0.05, 0.1) is 24.5 Å². The van der Waals surface area contributed by atoms with Gasteiger partial charge in [0, 0.05) is 19.2 Å². The molecule has 3 aliphatic heterocycles. The second-order valence-electron chi connectivity index (χ2n) is 10.3. The number of halogens is 3. The summed E-state index contributed by atoms with van der Waals surface area (Å²) in [6.07, 6.45) is -2.04. The largest absolute Gasteiger partial charge is 0.475 e. The van der Waals surface area contributed by atoms with Gasteiger partial charge in [0.25, 0.3) is 5.91 Å². The first-order chi connectivity index (χ1) is 18.9. The lowest BCUT2D eigenvalue weighted by Crippen LogP contribution is -2.56. The third kappa shape index (κ3) is 6.04. The van der Waals surface area contributed by atoms with Gasteiger partial charge >= 0.3 is 12.2 Å². The number of carbonyl (C=O) groups excluding carboxylic acids is 2. The molecular formula is C25H30F3N7O5. The molecule has 0 aromatic carbocycles. The number of hydrogen-bond acceptors (Lipinski definition) is 9. The Morgan fingerprint density at radius 3 is 2.80 bits per heavy atom. The van der Waals surface area contributed by atoms with Crippen LogP contribution < -0.4 is 25.2 Å². The van der Waals surface area contributed by atoms with Gasteiger partial charge in [-0.25, -0.2) is 14.8 Å². The molecule has 0 radical (unpaired) electrons. The zero-order chi connectivity index (χ0) is 28.7. The van der Waals surface area contributed by atoms with Crippen LogP contribution in [0, 0.1) is 0 Å². The van der Waals surface area contributed by atoms with E-state index in [9.17, 15) is 22.8 Å². The van der Waals surface area contributed by atoms with Gasteiger partial charge in [0.1, 0.15) is 24.6 Å². The fourth-order valence-corrected chi connectivity index (χ4v) is 4.80. The maximum atomic E-state index is 13.5. The fourth-order valence-electron chi connectivity index (χ4n) is 4.80. The summed E-state index contributed by atoms with van der Waals surface area (Å²) in [6, 6.07) is 1.99. The molecule has 216 valence electrons. The second-order valence-corrected chi connectivity index (χ2v) is 10.3. The predicted octanol–water partition coefficient (Wildman–Crippen LogP) is 3.10. The molecular weight excluding hydrogens is 535 g/mol. The molecule has 3 amide bonds. The van der Waals surface area contributed by atoms with Gasteiger partial charge in [-0.15, -0.1) is 0 Å². The van der Waals surface area contributed by atoms with E-state index >= 15 is 0 Å². The van der Waals surface area contributed by atoms with Gasteiger partial charge in [-0.1, -0.05) is 6.07 Å². The third-order valence-electron chi connectivity index (χ3n) is 6.78. The monoisotopic (exact) mass is 565 g/mol. The quantitative estimate of drug-likeness (QED) is 0.543. The molecule has 5 heterocycles. The van der Waals surface area contributed by atoms with Gasteiger partial charge in [0.2, 0.25) is 11.7 Å². The van der Waals surface area contributed by atoms with E-state index in [1.807, 2.05) is 24.1 Å². The number of nitrogens with one attached hydrogen (secondary N) is 2. The van der Waals surface area contributed by atoms with Crippen LogP contribution in [0.25, 0.3) is 0 Å². The molecule has 2 unspecified atom stereocenters. The Balaban J connectivity index is 1.33. The van der Waals surface area contributed by atoms with E-state index < -0.39 is 35.8 Å². The van der Waals surface area contributed by atoms with Crippen molar-refractivity contribution in [1.29, 1.82) is 0 Å². The Bertz CT molecular complexity index is 1280. The molecule has 0 spiro atoms. The molecule has 40 heavy (non-hydrogen) atoms. The molecule has 15 heteroatoms. The van der Waals surface area contributed by atoms with Crippen LogP contribution in [0.3, 0.4) is 0 Å². The zero-order valence-corrected chi connectivity index (χ0v) is 22.2. The predicted molar refractivity (Wildman–Crippen MR) is 136 cm³/mol. The van der Waals surface area contributed by atoms with Crippen LogP contribution in [0.4, 0.5) is 35.3 Å². The van der Waals surface area contributed by atoms with Crippen LogP contribution >= 0.6 is 0 Å². The van der Waals surface area contributed by atoms with E-state index in [-0.39, 0.29) is 36.3 Å². The summed E-state index contributed by atoms with van der Waals surface area (Å²) in [5.74, 6) is -1.61. The number of anilines is 3. The van der Waals surface area contributed by atoms with Crippen molar-refractivity contribution in [2.24, 2.45) is 0 Å². The van der Waals surface area contributed by atoms with Gasteiger partial charge in [-0.3, -0.25) is 15.0 Å². The minimum absolute atomic E-state index is 0.140. The van der Waals surface area contributed by atoms with E-state index in [0.29, 0.717) is 31.8 Å². The van der Waals surface area contributed by atoms with Crippen molar-refractivity contribution >= 4 is 29.3 Å². The van der Waals surface area contributed by atoms with E-state index in [4.69, 9.17) is 14.2 Å². The summed E-state index contributed by atoms with van der Waals surface area (Å²) in [5.41, 5.74) is 0.512. The van der Waals surface area contributed by atoms with Crippen molar-refractivity contribution in [2.75, 3.05) is 41.4 Å². The highest BCUT2D eigenvalue weighted by molar-refractivity contribution is 6.04. The summed E-state index contributed by atoms with van der Waals surface area (Å²) in [5, 5.41) is 4.61. The number of piperidine rings is 1. The van der Waals surface area contributed by atoms with Crippen molar-refractivity contribution in [3.63, 3.8) is 0 Å². The first-order valence-corrected chi connectivity index (χ1v) is 12.9. The number of ether oxygens (including phenoxy) is 3. The number of carbonyl (C=O) groups is 2. The smallest absolute Gasteiger partial charge is 0.408 e. The molecule has 2 aromatic heterocycles. The van der Waals surface area contributed by atoms with Crippen LogP contribution in [-0.2, 0) is 9.47 Å². The number of pyridine rings is 1. The number of rotatable bonds is 6. The normalized spacial score (nSPS) is 22.4. The Hall–Kier alpha value is -3.72. The number of urea groups is 1. The number of fused-ring (bicyclic) bond motifs is 4. The third-order valence-corrected chi connectivity index (χ3v) is 6.78. The van der Waals surface area contributed by atoms with Crippen LogP contribution in [0.1, 0.15) is 44.2 Å². The summed E-state index contributed by atoms with van der Waals surface area (Å²) in [7, 11) is 0. The Labute approximate surface area is 228 Å². The minimum atomic E-state index is -4.63. The Kier molecular flexibility index (Phi) is 7.44. The summed E-state index contributed by atoms with van der Waals surface area (Å²) < 4.78 is 55.9. The lowest BCUT2D eigenvalue weighted by Gasteiger charge is -2.45. The number of aromatic nitrogens is 3. The molecule has 3 aliphatic rings. The van der Waals surface area contributed by atoms with Gasteiger partial charge in [-0.2, -0.15) is 18.2 Å². The first-order valence-electron chi connectivity index (χ1n) is 12.9. The van der Waals surface area contributed by atoms with Crippen molar-refractivity contribution in [3.8, 4) is 5.88 Å². The summed E-state index contributed by atoms with van der Waals surface area (Å²) in [6.45, 7) is 6.27. The van der Waals surface area contributed by atoms with Crippen molar-refractivity contribution in [3.05, 3.63) is 30.2 Å². The Morgan fingerprint density at radius 1 is 1.27 bits per heavy atom. The van der Waals surface area contributed by atoms with Crippen molar-refractivity contribution in [2.45, 2.75) is 63.8 Å². The molecule has 2 fully saturated rings. The van der Waals surface area contributed by atoms with Gasteiger partial charge < -0.3 is 24.4 Å². The number of amides is 3. The number of nitrogens with zero attached hydrogens (tertiary/aromatic N) is 5. The molecule has 2 bridgehead atoms. The molecule has 2 saturated heterocycles. The molecule has 3 atom stereocenters. The molecule has 2 aromatic rings. The van der Waals surface area contributed by atoms with Crippen molar-refractivity contribution < 1.29 is 37.0 Å². The highest BCUT2D eigenvalue weighted by Gasteiger charge is 2.41. The van der Waals surface area contributed by atoms with Crippen LogP contribution in [-0.4, -0.2) is 83.3 Å². The average Bonchev–Trinajstić information content (AvgIpc) is 3.25. The van der Waals surface area contributed by atoms with E-state index in [2.05, 4.69) is 20.3 Å². The summed E-state index contributed by atoms with van der Waals surface area (Å²) >= 11 is 0. The average molecular weight is 566 g/mol. The maximum absolute atomic E-state index is 13.5. The van der Waals surface area contributed by atoms with E-state index in [1.165, 1.54) is 11.1 Å². The Morgan fingerprint density at radius 2 is 2.08 bits per heavy atom. The lowest BCUT2D eigenvalue weighted by molar-refractivity contribution is -0.149. The van der Waals surface area contributed by atoms with Crippen LogP contribution in [0.5, 0.6) is 5.88 Å². The molecule has 12 nitrogen and oxygen atoms in total. The van der Waals surface area contributed by atoms with Crippen LogP contribution in [0.15, 0.2) is 24.4 Å². The number of hydrogen-bond donors (Lipinski definition) is 2. The molecule has 2 N–H and O–H groups in total. The molecule has 5 rings (SSSR count). The van der Waals surface area contributed by atoms with E-state index in [0.717, 1.165) is 13.3 Å². The second kappa shape index (κ2) is 10.7. The summed E-state index contributed by atoms with van der Waals surface area (Å²) in [4.78, 5) is 42.1. The highest BCUT2D eigenvalue weighted by atomic mass is 19.4. The fraction of sp³-hybridized carbons (Fsp3) is 0.560. The number of alkyl halides is 3. The van der Waals surface area contributed by atoms with Crippen molar-refractivity contribution in [1.82, 2.24) is 20.3 Å². The zero-order valence-electron chi connectivity index (χ0n) is 22.2. The first kappa shape index (κ1) is 27.8. The highest BCUT2D eigenvalue weighted by Crippen LogP contribution is 2.37. The molecule has 0 saturated carbocycles. The van der Waals surface area contributed by atoms with Gasteiger partial charge in [-0.05, 0) is 39.7 Å². The SMILES string of the molecule is CC(NC(=O)c1ncc2c(n1)N(C(=O)Nc1cccc(OCC3COC(C)(C)O3)n1)[C@H]1CCCN2C1)C(F)(F)F. The topological polar surface area (TPSA) is 131 Å². The van der Waals surface area contributed by atoms with Crippen LogP contribution in [0.2, 0.25) is 0 Å². The molecule has 0 aliphatic carbocycles. The van der Waals surface area contributed by atoms with E-state index in [1.54, 1.807) is 18.2 Å². The van der Waals surface area contributed by atoms with Gasteiger partial charge in [0.15, 0.2) is 11.6 Å².